The second-order valence-corrected chi connectivity index (χ2v) is 6.30. The molecule has 2 rings (SSSR count). The van der Waals surface area contributed by atoms with Gasteiger partial charge in [0.1, 0.15) is 0 Å². The average Bonchev–Trinajstić information content (AvgIpc) is 3.28. The molecule has 1 aromatic rings. The number of nitriles is 1. The largest absolute Gasteiger partial charge is 0.293 e. The van der Waals surface area contributed by atoms with E-state index in [2.05, 4.69) is 55.1 Å². The highest BCUT2D eigenvalue weighted by Gasteiger charge is 2.33. The lowest BCUT2D eigenvalue weighted by molar-refractivity contribution is 0.485. The molecule has 1 saturated heterocycles. The second kappa shape index (κ2) is 8.76. The van der Waals surface area contributed by atoms with Gasteiger partial charge < -0.3 is 0 Å². The van der Waals surface area contributed by atoms with Gasteiger partial charge in [0.05, 0.1) is 6.07 Å². The average molecular weight is 296 g/mol. The van der Waals surface area contributed by atoms with Crippen molar-refractivity contribution in [2.45, 2.75) is 65.0 Å². The van der Waals surface area contributed by atoms with Crippen LogP contribution in [0.4, 0.5) is 0 Å². The van der Waals surface area contributed by atoms with Crippen LogP contribution in [0.3, 0.4) is 0 Å². The van der Waals surface area contributed by atoms with Gasteiger partial charge in [0.2, 0.25) is 0 Å². The first-order valence-corrected chi connectivity index (χ1v) is 8.67. The standard InChI is InChI=1S/C20H28N2/c1-3-8-18(19(14-21)9-4-2)12-13-20-16-22(20)15-17-10-6-5-7-11-17/h5-7,10-11,20H,3-4,8-9,12-13,15-16H2,1-2H3/b19-18-. The number of hydrogen-bond donors (Lipinski definition) is 0. The van der Waals surface area contributed by atoms with Gasteiger partial charge in [0.15, 0.2) is 0 Å². The first-order valence-electron chi connectivity index (χ1n) is 8.67. The van der Waals surface area contributed by atoms with E-state index in [9.17, 15) is 5.26 Å². The fraction of sp³-hybridized carbons (Fsp3) is 0.550. The lowest BCUT2D eigenvalue weighted by atomic mass is 9.96. The summed E-state index contributed by atoms with van der Waals surface area (Å²) in [6, 6.07) is 13.9. The predicted molar refractivity (Wildman–Crippen MR) is 92.3 cm³/mol. The summed E-state index contributed by atoms with van der Waals surface area (Å²) in [5, 5.41) is 9.36. The highest BCUT2D eigenvalue weighted by atomic mass is 15.3. The van der Waals surface area contributed by atoms with E-state index < -0.39 is 0 Å². The maximum Gasteiger partial charge on any atom is 0.0946 e. The molecule has 22 heavy (non-hydrogen) atoms. The molecule has 0 bridgehead atoms. The Bertz CT molecular complexity index is 524. The second-order valence-electron chi connectivity index (χ2n) is 6.30. The van der Waals surface area contributed by atoms with Crippen LogP contribution in [0, 0.1) is 11.3 Å². The van der Waals surface area contributed by atoms with Crippen LogP contribution in [0.5, 0.6) is 0 Å². The Kier molecular flexibility index (Phi) is 6.68. The molecule has 2 nitrogen and oxygen atoms in total. The minimum atomic E-state index is 0.716. The fourth-order valence-corrected chi connectivity index (χ4v) is 3.14. The van der Waals surface area contributed by atoms with Crippen molar-refractivity contribution in [3.63, 3.8) is 0 Å². The zero-order chi connectivity index (χ0) is 15.8. The lowest BCUT2D eigenvalue weighted by Gasteiger charge is -2.10. The van der Waals surface area contributed by atoms with Crippen LogP contribution in [0.1, 0.15) is 57.9 Å². The first-order chi connectivity index (χ1) is 10.8. The molecule has 2 unspecified atom stereocenters. The number of allylic oxidation sites excluding steroid dienone is 2. The lowest BCUT2D eigenvalue weighted by Crippen LogP contribution is -2.03. The summed E-state index contributed by atoms with van der Waals surface area (Å²) in [6.45, 7) is 6.64. The van der Waals surface area contributed by atoms with Gasteiger partial charge in [-0.1, -0.05) is 62.6 Å². The third kappa shape index (κ3) is 5.00. The van der Waals surface area contributed by atoms with Gasteiger partial charge in [-0.15, -0.1) is 0 Å². The van der Waals surface area contributed by atoms with E-state index in [1.807, 2.05) is 0 Å². The van der Waals surface area contributed by atoms with E-state index in [0.717, 1.165) is 44.2 Å². The van der Waals surface area contributed by atoms with Crippen molar-refractivity contribution in [3.05, 3.63) is 47.0 Å². The van der Waals surface area contributed by atoms with Crippen LogP contribution < -0.4 is 0 Å². The molecule has 0 aliphatic carbocycles. The molecule has 2 heteroatoms. The van der Waals surface area contributed by atoms with Crippen LogP contribution in [-0.2, 0) is 6.54 Å². The zero-order valence-corrected chi connectivity index (χ0v) is 14.0. The Balaban J connectivity index is 1.83. The molecular formula is C20H28N2. The highest BCUT2D eigenvalue weighted by molar-refractivity contribution is 5.28. The zero-order valence-electron chi connectivity index (χ0n) is 14.0. The van der Waals surface area contributed by atoms with Crippen LogP contribution in [0.25, 0.3) is 0 Å². The van der Waals surface area contributed by atoms with Gasteiger partial charge in [0, 0.05) is 24.7 Å². The molecular weight excluding hydrogens is 268 g/mol. The van der Waals surface area contributed by atoms with Gasteiger partial charge in [0.25, 0.3) is 0 Å². The third-order valence-electron chi connectivity index (χ3n) is 4.45. The van der Waals surface area contributed by atoms with Crippen molar-refractivity contribution >= 4 is 0 Å². The van der Waals surface area contributed by atoms with E-state index in [1.165, 1.54) is 24.1 Å². The molecule has 0 amide bonds. The maximum absolute atomic E-state index is 9.36. The Labute approximate surface area is 135 Å². The molecule has 0 saturated carbocycles. The van der Waals surface area contributed by atoms with Crippen molar-refractivity contribution in [1.82, 2.24) is 4.90 Å². The van der Waals surface area contributed by atoms with E-state index >= 15 is 0 Å². The summed E-state index contributed by atoms with van der Waals surface area (Å²) < 4.78 is 0. The third-order valence-corrected chi connectivity index (χ3v) is 4.45. The Morgan fingerprint density at radius 3 is 2.50 bits per heavy atom. The molecule has 1 heterocycles. The van der Waals surface area contributed by atoms with Gasteiger partial charge in [-0.3, -0.25) is 4.90 Å². The van der Waals surface area contributed by atoms with Crippen molar-refractivity contribution in [2.24, 2.45) is 0 Å². The number of benzene rings is 1. The quantitative estimate of drug-likeness (QED) is 0.470. The summed E-state index contributed by atoms with van der Waals surface area (Å²) >= 11 is 0. The van der Waals surface area contributed by atoms with Crippen molar-refractivity contribution in [1.29, 1.82) is 5.26 Å². The highest BCUT2D eigenvalue weighted by Crippen LogP contribution is 2.29. The van der Waals surface area contributed by atoms with Crippen LogP contribution in [0.2, 0.25) is 0 Å². The predicted octanol–water partition coefficient (Wildman–Crippen LogP) is 5.07. The van der Waals surface area contributed by atoms with Crippen LogP contribution >= 0.6 is 0 Å². The number of nitrogens with zero attached hydrogens (tertiary/aromatic N) is 2. The number of hydrogen-bond acceptors (Lipinski definition) is 2. The monoisotopic (exact) mass is 296 g/mol. The SMILES string of the molecule is CCC/C(C#N)=C(\CCC)CCC1CN1Cc1ccccc1. The molecule has 0 spiro atoms. The molecule has 1 aliphatic heterocycles. The summed E-state index contributed by atoms with van der Waals surface area (Å²) in [5.41, 5.74) is 3.87. The molecule has 1 aliphatic rings. The van der Waals surface area contributed by atoms with Crippen molar-refractivity contribution in [3.8, 4) is 6.07 Å². The maximum atomic E-state index is 9.36. The molecule has 0 N–H and O–H groups in total. The minimum absolute atomic E-state index is 0.716. The van der Waals surface area contributed by atoms with E-state index in [4.69, 9.17) is 0 Å². The van der Waals surface area contributed by atoms with Crippen LogP contribution in [-0.4, -0.2) is 17.5 Å². The van der Waals surface area contributed by atoms with Gasteiger partial charge in [-0.25, -0.2) is 0 Å². The molecule has 2 atom stereocenters. The van der Waals surface area contributed by atoms with Gasteiger partial charge in [-0.05, 0) is 31.2 Å². The topological polar surface area (TPSA) is 26.8 Å². The van der Waals surface area contributed by atoms with Crippen molar-refractivity contribution in [2.75, 3.05) is 6.54 Å². The van der Waals surface area contributed by atoms with Gasteiger partial charge in [-0.2, -0.15) is 5.26 Å². The molecule has 0 aromatic heterocycles. The summed E-state index contributed by atoms with van der Waals surface area (Å²) in [4.78, 5) is 2.53. The Morgan fingerprint density at radius 1 is 1.14 bits per heavy atom. The van der Waals surface area contributed by atoms with Crippen LogP contribution in [0.15, 0.2) is 41.5 Å². The summed E-state index contributed by atoms with van der Waals surface area (Å²) in [7, 11) is 0. The first kappa shape index (κ1) is 16.8. The molecule has 118 valence electrons. The summed E-state index contributed by atoms with van der Waals surface area (Å²) in [6.07, 6.45) is 6.56. The fourth-order valence-electron chi connectivity index (χ4n) is 3.14. The smallest absolute Gasteiger partial charge is 0.0946 e. The Hall–Kier alpha value is -1.59. The normalized spacial score (nSPS) is 21.1. The Morgan fingerprint density at radius 2 is 1.86 bits per heavy atom. The van der Waals surface area contributed by atoms with E-state index in [-0.39, 0.29) is 0 Å². The van der Waals surface area contributed by atoms with Crippen molar-refractivity contribution < 1.29 is 0 Å². The van der Waals surface area contributed by atoms with E-state index in [0.29, 0.717) is 6.04 Å². The summed E-state index contributed by atoms with van der Waals surface area (Å²) in [5.74, 6) is 0. The number of rotatable bonds is 9. The molecule has 1 fully saturated rings. The minimum Gasteiger partial charge on any atom is -0.293 e. The molecule has 1 aromatic carbocycles. The van der Waals surface area contributed by atoms with Gasteiger partial charge >= 0.3 is 0 Å². The molecule has 0 radical (unpaired) electrons. The van der Waals surface area contributed by atoms with E-state index in [1.54, 1.807) is 0 Å².